The summed E-state index contributed by atoms with van der Waals surface area (Å²) in [7, 11) is -1.62. The van der Waals surface area contributed by atoms with Crippen LogP contribution in [0.25, 0.3) is 6.08 Å². The monoisotopic (exact) mass is 220 g/mol. The van der Waals surface area contributed by atoms with Crippen molar-refractivity contribution in [2.24, 2.45) is 0 Å². The second kappa shape index (κ2) is 4.02. The summed E-state index contributed by atoms with van der Waals surface area (Å²) in [5.74, 6) is -0.844. The van der Waals surface area contributed by atoms with E-state index in [-0.39, 0.29) is 0 Å². The van der Waals surface area contributed by atoms with Gasteiger partial charge in [-0.3, -0.25) is 0 Å². The topological polar surface area (TPSA) is 37.3 Å². The Morgan fingerprint density at radius 2 is 2.00 bits per heavy atom. The van der Waals surface area contributed by atoms with Crippen molar-refractivity contribution in [1.82, 2.24) is 0 Å². The van der Waals surface area contributed by atoms with Gasteiger partial charge in [0.15, 0.2) is 0 Å². The number of benzene rings is 1. The number of rotatable bonds is 3. The second-order valence-corrected chi connectivity index (χ2v) is 9.60. The smallest absolute Gasteiger partial charge is 0.335 e. The van der Waals surface area contributed by atoms with Crippen LogP contribution in [-0.2, 0) is 0 Å². The number of aromatic carboxylic acids is 1. The molecule has 0 amide bonds. The van der Waals surface area contributed by atoms with E-state index in [1.807, 2.05) is 6.07 Å². The van der Waals surface area contributed by atoms with Gasteiger partial charge in [-0.15, -0.1) is 0 Å². The Morgan fingerprint density at radius 1 is 1.40 bits per heavy atom. The fraction of sp³-hybridized carbons (Fsp3) is 0.250. The zero-order valence-corrected chi connectivity index (χ0v) is 10.4. The van der Waals surface area contributed by atoms with Crippen LogP contribution < -0.4 is 5.19 Å². The van der Waals surface area contributed by atoms with Crippen molar-refractivity contribution < 1.29 is 9.90 Å². The van der Waals surface area contributed by atoms with Crippen LogP contribution in [0.1, 0.15) is 15.9 Å². The number of carbonyl (C=O) groups is 1. The first kappa shape index (κ1) is 11.7. The summed E-state index contributed by atoms with van der Waals surface area (Å²) in [5.41, 5.74) is 1.41. The lowest BCUT2D eigenvalue weighted by Gasteiger charge is -2.19. The molecule has 0 saturated heterocycles. The third-order valence-electron chi connectivity index (χ3n) is 2.32. The number of hydrogen-bond donors (Lipinski definition) is 1. The maximum Gasteiger partial charge on any atom is 0.335 e. The third kappa shape index (κ3) is 2.56. The first-order chi connectivity index (χ1) is 6.86. The Balaban J connectivity index is 3.42. The zero-order valence-electron chi connectivity index (χ0n) is 9.37. The van der Waals surface area contributed by atoms with Gasteiger partial charge >= 0.3 is 5.97 Å². The van der Waals surface area contributed by atoms with Crippen LogP contribution in [0.5, 0.6) is 0 Å². The van der Waals surface area contributed by atoms with Gasteiger partial charge in [0.2, 0.25) is 0 Å². The number of hydrogen-bond acceptors (Lipinski definition) is 1. The summed E-state index contributed by atoms with van der Waals surface area (Å²) in [5, 5.41) is 10.1. The van der Waals surface area contributed by atoms with Crippen LogP contribution in [0.15, 0.2) is 24.8 Å². The van der Waals surface area contributed by atoms with Crippen LogP contribution >= 0.6 is 0 Å². The highest BCUT2D eigenvalue weighted by atomic mass is 28.3. The van der Waals surface area contributed by atoms with Crippen LogP contribution in [0, 0.1) is 0 Å². The second-order valence-electron chi connectivity index (χ2n) is 4.56. The van der Waals surface area contributed by atoms with E-state index in [2.05, 4.69) is 26.2 Å². The van der Waals surface area contributed by atoms with E-state index < -0.39 is 14.0 Å². The van der Waals surface area contributed by atoms with Gasteiger partial charge in [-0.1, -0.05) is 44.4 Å². The molecule has 80 valence electrons. The van der Waals surface area contributed by atoms with Gasteiger partial charge in [0.05, 0.1) is 13.6 Å². The standard InChI is InChI=1S/C12H16O2Si/c1-5-9-6-7-10(12(13)14)11(8-9)15(2,3)4/h5-8H,1H2,2-4H3,(H,13,14). The molecule has 0 aliphatic rings. The normalized spacial score (nSPS) is 11.1. The van der Waals surface area contributed by atoms with E-state index in [0.717, 1.165) is 10.8 Å². The Labute approximate surface area is 91.3 Å². The predicted octanol–water partition coefficient (Wildman–Crippen LogP) is 2.57. The summed E-state index contributed by atoms with van der Waals surface area (Å²) in [6, 6.07) is 5.41. The molecule has 1 rings (SSSR count). The molecule has 0 heterocycles. The Bertz CT molecular complexity index is 403. The van der Waals surface area contributed by atoms with Gasteiger partial charge in [0, 0.05) is 0 Å². The van der Waals surface area contributed by atoms with Crippen molar-refractivity contribution in [3.8, 4) is 0 Å². The van der Waals surface area contributed by atoms with Crippen LogP contribution in [0.2, 0.25) is 19.6 Å². The molecule has 15 heavy (non-hydrogen) atoms. The molecule has 1 aromatic rings. The van der Waals surface area contributed by atoms with Crippen LogP contribution in [0.3, 0.4) is 0 Å². The minimum Gasteiger partial charge on any atom is -0.478 e. The van der Waals surface area contributed by atoms with Crippen LogP contribution in [0.4, 0.5) is 0 Å². The summed E-state index contributed by atoms with van der Waals surface area (Å²) in [4.78, 5) is 11.1. The molecular weight excluding hydrogens is 204 g/mol. The molecule has 0 aromatic heterocycles. The first-order valence-electron chi connectivity index (χ1n) is 4.86. The summed E-state index contributed by atoms with van der Waals surface area (Å²) in [6.45, 7) is 10.1. The van der Waals surface area contributed by atoms with Crippen LogP contribution in [-0.4, -0.2) is 19.1 Å². The third-order valence-corrected chi connectivity index (χ3v) is 4.35. The molecule has 0 saturated carbocycles. The van der Waals surface area contributed by atoms with Crippen molar-refractivity contribution >= 4 is 25.3 Å². The van der Waals surface area contributed by atoms with Crippen molar-refractivity contribution in [2.75, 3.05) is 0 Å². The molecule has 1 N–H and O–H groups in total. The van der Waals surface area contributed by atoms with Crippen molar-refractivity contribution in [1.29, 1.82) is 0 Å². The molecule has 2 nitrogen and oxygen atoms in total. The highest BCUT2D eigenvalue weighted by molar-refractivity contribution is 6.89. The van der Waals surface area contributed by atoms with E-state index in [1.165, 1.54) is 0 Å². The van der Waals surface area contributed by atoms with Crippen molar-refractivity contribution in [3.63, 3.8) is 0 Å². The largest absolute Gasteiger partial charge is 0.478 e. The average molecular weight is 220 g/mol. The summed E-state index contributed by atoms with van der Waals surface area (Å²) in [6.07, 6.45) is 1.75. The van der Waals surface area contributed by atoms with Crippen molar-refractivity contribution in [3.05, 3.63) is 35.9 Å². The Kier molecular flexibility index (Phi) is 3.14. The average Bonchev–Trinajstić information content (AvgIpc) is 2.15. The SMILES string of the molecule is C=Cc1ccc(C(=O)O)c([Si](C)(C)C)c1. The van der Waals surface area contributed by atoms with E-state index in [1.54, 1.807) is 18.2 Å². The Morgan fingerprint density at radius 3 is 2.40 bits per heavy atom. The molecule has 0 spiro atoms. The van der Waals surface area contributed by atoms with Gasteiger partial charge in [-0.2, -0.15) is 0 Å². The lowest BCUT2D eigenvalue weighted by atomic mass is 10.1. The van der Waals surface area contributed by atoms with Gasteiger partial charge in [0.1, 0.15) is 0 Å². The highest BCUT2D eigenvalue weighted by Crippen LogP contribution is 2.11. The lowest BCUT2D eigenvalue weighted by molar-refractivity contribution is 0.0698. The van der Waals surface area contributed by atoms with Gasteiger partial charge in [-0.25, -0.2) is 4.79 Å². The van der Waals surface area contributed by atoms with E-state index in [9.17, 15) is 4.79 Å². The lowest BCUT2D eigenvalue weighted by Crippen LogP contribution is -2.41. The molecule has 0 radical (unpaired) electrons. The molecule has 3 heteroatoms. The molecule has 0 unspecified atom stereocenters. The molecule has 1 aromatic carbocycles. The predicted molar refractivity (Wildman–Crippen MR) is 66.5 cm³/mol. The fourth-order valence-corrected chi connectivity index (χ4v) is 3.09. The molecule has 0 fully saturated rings. The minimum atomic E-state index is -1.62. The maximum absolute atomic E-state index is 11.1. The summed E-state index contributed by atoms with van der Waals surface area (Å²) >= 11 is 0. The van der Waals surface area contributed by atoms with Gasteiger partial charge < -0.3 is 5.11 Å². The van der Waals surface area contributed by atoms with Gasteiger partial charge in [0.25, 0.3) is 0 Å². The fourth-order valence-electron chi connectivity index (χ4n) is 1.50. The molecular formula is C12H16O2Si. The molecule has 0 bridgehead atoms. The molecule has 0 atom stereocenters. The highest BCUT2D eigenvalue weighted by Gasteiger charge is 2.23. The Hall–Kier alpha value is -1.35. The zero-order chi connectivity index (χ0) is 11.6. The van der Waals surface area contributed by atoms with E-state index in [4.69, 9.17) is 5.11 Å². The van der Waals surface area contributed by atoms with Gasteiger partial charge in [-0.05, 0) is 16.8 Å². The maximum atomic E-state index is 11.1. The van der Waals surface area contributed by atoms with Crippen molar-refractivity contribution in [2.45, 2.75) is 19.6 Å². The summed E-state index contributed by atoms with van der Waals surface area (Å²) < 4.78 is 0. The minimum absolute atomic E-state index is 0.430. The van der Waals surface area contributed by atoms with E-state index in [0.29, 0.717) is 5.56 Å². The molecule has 0 aliphatic heterocycles. The first-order valence-corrected chi connectivity index (χ1v) is 8.36. The molecule has 0 aliphatic carbocycles. The number of carboxylic acids is 1. The number of carboxylic acid groups (broad SMARTS) is 1. The quantitative estimate of drug-likeness (QED) is 0.795. The van der Waals surface area contributed by atoms with E-state index >= 15 is 0 Å².